The number of urea groups is 1. The molecule has 3 aromatic carbocycles. The minimum atomic E-state index is -0.453. The maximum atomic E-state index is 13.3. The SMILES string of the molecule is N#Cc1cccc(NC(=O)NCCCN(C(=O)c2ccc(F)cc2)c2ccc(F)cc2)c1. The summed E-state index contributed by atoms with van der Waals surface area (Å²) >= 11 is 0. The van der Waals surface area contributed by atoms with E-state index in [1.807, 2.05) is 6.07 Å². The molecule has 0 fully saturated rings. The smallest absolute Gasteiger partial charge is 0.319 e. The van der Waals surface area contributed by atoms with E-state index in [9.17, 15) is 18.4 Å². The van der Waals surface area contributed by atoms with Crippen LogP contribution >= 0.6 is 0 Å². The number of nitriles is 1. The van der Waals surface area contributed by atoms with E-state index in [1.165, 1.54) is 53.4 Å². The maximum Gasteiger partial charge on any atom is 0.319 e. The van der Waals surface area contributed by atoms with E-state index in [0.29, 0.717) is 28.9 Å². The van der Waals surface area contributed by atoms with Gasteiger partial charge >= 0.3 is 6.03 Å². The van der Waals surface area contributed by atoms with Crippen LogP contribution in [0.3, 0.4) is 0 Å². The van der Waals surface area contributed by atoms with Crippen LogP contribution in [0, 0.1) is 23.0 Å². The Kier molecular flexibility index (Phi) is 7.49. The van der Waals surface area contributed by atoms with Crippen LogP contribution in [0.15, 0.2) is 72.8 Å². The highest BCUT2D eigenvalue weighted by atomic mass is 19.1. The molecule has 32 heavy (non-hydrogen) atoms. The lowest BCUT2D eigenvalue weighted by atomic mass is 10.1. The topological polar surface area (TPSA) is 85.2 Å². The number of hydrogen-bond donors (Lipinski definition) is 2. The maximum absolute atomic E-state index is 13.3. The molecule has 162 valence electrons. The van der Waals surface area contributed by atoms with Gasteiger partial charge in [0.05, 0.1) is 11.6 Å². The van der Waals surface area contributed by atoms with Crippen molar-refractivity contribution in [1.29, 1.82) is 5.26 Å². The molecule has 0 atom stereocenters. The summed E-state index contributed by atoms with van der Waals surface area (Å²) in [4.78, 5) is 26.5. The van der Waals surface area contributed by atoms with Gasteiger partial charge in [-0.15, -0.1) is 0 Å². The van der Waals surface area contributed by atoms with Crippen molar-refractivity contribution in [2.75, 3.05) is 23.3 Å². The van der Waals surface area contributed by atoms with Crippen LogP contribution in [0.5, 0.6) is 0 Å². The molecule has 8 heteroatoms. The van der Waals surface area contributed by atoms with E-state index in [0.717, 1.165) is 0 Å². The van der Waals surface area contributed by atoms with Gasteiger partial charge in [0.1, 0.15) is 11.6 Å². The van der Waals surface area contributed by atoms with Gasteiger partial charge in [0.25, 0.3) is 5.91 Å². The van der Waals surface area contributed by atoms with Gasteiger partial charge in [-0.1, -0.05) is 6.07 Å². The molecule has 3 amide bonds. The molecule has 0 saturated carbocycles. The molecular weight excluding hydrogens is 414 g/mol. The van der Waals surface area contributed by atoms with Crippen molar-refractivity contribution >= 4 is 23.3 Å². The van der Waals surface area contributed by atoms with E-state index in [2.05, 4.69) is 10.6 Å². The lowest BCUT2D eigenvalue weighted by Crippen LogP contribution is -2.35. The van der Waals surface area contributed by atoms with Crippen LogP contribution in [-0.4, -0.2) is 25.0 Å². The Balaban J connectivity index is 1.60. The molecule has 0 saturated heterocycles. The van der Waals surface area contributed by atoms with Crippen LogP contribution in [0.25, 0.3) is 0 Å². The zero-order chi connectivity index (χ0) is 22.9. The molecule has 0 aliphatic heterocycles. The Morgan fingerprint density at radius 2 is 1.59 bits per heavy atom. The van der Waals surface area contributed by atoms with Crippen molar-refractivity contribution in [3.05, 3.63) is 95.6 Å². The fourth-order valence-electron chi connectivity index (χ4n) is 3.00. The number of nitrogens with one attached hydrogen (secondary N) is 2. The van der Waals surface area contributed by atoms with Crippen LogP contribution in [0.4, 0.5) is 25.0 Å². The van der Waals surface area contributed by atoms with Gasteiger partial charge < -0.3 is 15.5 Å². The number of halogens is 2. The Morgan fingerprint density at radius 3 is 2.25 bits per heavy atom. The van der Waals surface area contributed by atoms with Crippen LogP contribution in [0.2, 0.25) is 0 Å². The predicted octanol–water partition coefficient (Wildman–Crippen LogP) is 4.70. The minimum Gasteiger partial charge on any atom is -0.338 e. The molecule has 0 heterocycles. The van der Waals surface area contributed by atoms with Crippen LogP contribution in [-0.2, 0) is 0 Å². The minimum absolute atomic E-state index is 0.242. The fourth-order valence-corrected chi connectivity index (χ4v) is 3.00. The fraction of sp³-hybridized carbons (Fsp3) is 0.125. The number of anilines is 2. The van der Waals surface area contributed by atoms with Crippen molar-refractivity contribution in [1.82, 2.24) is 5.32 Å². The number of hydrogen-bond acceptors (Lipinski definition) is 3. The number of nitrogens with zero attached hydrogens (tertiary/aromatic N) is 2. The molecule has 0 radical (unpaired) electrons. The van der Waals surface area contributed by atoms with E-state index in [1.54, 1.807) is 24.3 Å². The van der Waals surface area contributed by atoms with Crippen LogP contribution < -0.4 is 15.5 Å². The standard InChI is InChI=1S/C24H20F2N4O2/c25-19-7-5-18(6-8-19)23(31)30(22-11-9-20(26)10-12-22)14-2-13-28-24(32)29-21-4-1-3-17(15-21)16-27/h1,3-12,15H,2,13-14H2,(H2,28,29,32). The molecule has 2 N–H and O–H groups in total. The molecule has 0 aliphatic carbocycles. The summed E-state index contributed by atoms with van der Waals surface area (Å²) in [5, 5.41) is 14.2. The third-order valence-corrected chi connectivity index (χ3v) is 4.57. The van der Waals surface area contributed by atoms with E-state index in [4.69, 9.17) is 5.26 Å². The summed E-state index contributed by atoms with van der Waals surface area (Å²) in [5.41, 5.74) is 1.69. The normalized spacial score (nSPS) is 10.2. The summed E-state index contributed by atoms with van der Waals surface area (Å²) < 4.78 is 26.5. The van der Waals surface area contributed by atoms with Gasteiger partial charge in [0.15, 0.2) is 0 Å². The monoisotopic (exact) mass is 434 g/mol. The molecule has 0 unspecified atom stereocenters. The second-order valence-corrected chi connectivity index (χ2v) is 6.87. The number of benzene rings is 3. The average molecular weight is 434 g/mol. The molecule has 0 aliphatic rings. The van der Waals surface area contributed by atoms with Gasteiger partial charge in [-0.05, 0) is 73.2 Å². The van der Waals surface area contributed by atoms with E-state index < -0.39 is 17.7 Å². The Labute approximate surface area is 184 Å². The van der Waals surface area contributed by atoms with Gasteiger partial charge in [0.2, 0.25) is 0 Å². The zero-order valence-electron chi connectivity index (χ0n) is 17.0. The Hall–Kier alpha value is -4.25. The quantitative estimate of drug-likeness (QED) is 0.529. The first-order valence-corrected chi connectivity index (χ1v) is 9.84. The molecule has 0 spiro atoms. The van der Waals surface area contributed by atoms with E-state index in [-0.39, 0.29) is 19.0 Å². The third kappa shape index (κ3) is 6.12. The Bertz CT molecular complexity index is 1130. The van der Waals surface area contributed by atoms with Crippen molar-refractivity contribution in [3.8, 4) is 6.07 Å². The zero-order valence-corrected chi connectivity index (χ0v) is 17.0. The van der Waals surface area contributed by atoms with Gasteiger partial charge in [-0.3, -0.25) is 4.79 Å². The predicted molar refractivity (Wildman–Crippen MR) is 117 cm³/mol. The summed E-state index contributed by atoms with van der Waals surface area (Å²) in [6, 6.07) is 18.7. The van der Waals surface area contributed by atoms with Crippen LogP contribution in [0.1, 0.15) is 22.3 Å². The van der Waals surface area contributed by atoms with Gasteiger partial charge in [0, 0.05) is 30.0 Å². The van der Waals surface area contributed by atoms with Gasteiger partial charge in [-0.2, -0.15) is 5.26 Å². The highest BCUT2D eigenvalue weighted by molar-refractivity contribution is 6.06. The Morgan fingerprint density at radius 1 is 0.938 bits per heavy atom. The summed E-state index contributed by atoms with van der Waals surface area (Å²) in [6.45, 7) is 0.504. The first kappa shape index (κ1) is 22.4. The lowest BCUT2D eigenvalue weighted by Gasteiger charge is -2.23. The van der Waals surface area contributed by atoms with Crippen molar-refractivity contribution in [3.63, 3.8) is 0 Å². The number of rotatable bonds is 7. The molecule has 0 aromatic heterocycles. The largest absolute Gasteiger partial charge is 0.338 e. The third-order valence-electron chi connectivity index (χ3n) is 4.57. The van der Waals surface area contributed by atoms with Crippen molar-refractivity contribution in [2.45, 2.75) is 6.42 Å². The highest BCUT2D eigenvalue weighted by Crippen LogP contribution is 2.19. The second-order valence-electron chi connectivity index (χ2n) is 6.87. The van der Waals surface area contributed by atoms with Crippen molar-refractivity contribution in [2.24, 2.45) is 0 Å². The summed E-state index contributed by atoms with van der Waals surface area (Å²) in [5.74, 6) is -1.25. The first-order chi connectivity index (χ1) is 15.5. The van der Waals surface area contributed by atoms with E-state index >= 15 is 0 Å². The number of carbonyl (C=O) groups excluding carboxylic acids is 2. The average Bonchev–Trinajstić information content (AvgIpc) is 2.80. The lowest BCUT2D eigenvalue weighted by molar-refractivity contribution is 0.0986. The molecule has 6 nitrogen and oxygen atoms in total. The summed E-state index contributed by atoms with van der Waals surface area (Å²) in [7, 11) is 0. The first-order valence-electron chi connectivity index (χ1n) is 9.84. The highest BCUT2D eigenvalue weighted by Gasteiger charge is 2.18. The molecular formula is C24H20F2N4O2. The molecule has 0 bridgehead atoms. The second kappa shape index (κ2) is 10.7. The van der Waals surface area contributed by atoms with Crippen molar-refractivity contribution < 1.29 is 18.4 Å². The summed E-state index contributed by atoms with van der Waals surface area (Å²) in [6.07, 6.45) is 0.413. The molecule has 3 aromatic rings. The molecule has 3 rings (SSSR count). The number of carbonyl (C=O) groups is 2. The van der Waals surface area contributed by atoms with Gasteiger partial charge in [-0.25, -0.2) is 13.6 Å². The number of amides is 3.